The van der Waals surface area contributed by atoms with E-state index in [1.165, 1.54) is 0 Å². The number of benzene rings is 1. The lowest BCUT2D eigenvalue weighted by Crippen LogP contribution is -2.34. The van der Waals surface area contributed by atoms with Gasteiger partial charge in [-0.15, -0.1) is 0 Å². The Balaban J connectivity index is 1.77. The van der Waals surface area contributed by atoms with Gasteiger partial charge in [-0.2, -0.15) is 0 Å². The van der Waals surface area contributed by atoms with Crippen molar-refractivity contribution < 1.29 is 9.59 Å². The van der Waals surface area contributed by atoms with Crippen molar-refractivity contribution in [2.45, 2.75) is 33.2 Å². The van der Waals surface area contributed by atoms with E-state index in [0.717, 1.165) is 49.1 Å². The summed E-state index contributed by atoms with van der Waals surface area (Å²) in [5.41, 5.74) is 1.87. The molecule has 2 aromatic rings. The van der Waals surface area contributed by atoms with Gasteiger partial charge in [0.15, 0.2) is 0 Å². The summed E-state index contributed by atoms with van der Waals surface area (Å²) >= 11 is 0. The number of aryl methyl sites for hydroxylation is 1. The standard InChI is InChI=1S/C20H27N3O2/c1-4-10-23-18-8-6-5-7-17(18)12-19(23)20(25)21(3)13-16-9-11-22(14-16)15(2)24/h5-8,12,16H,4,9-11,13-14H2,1-3H3. The Bertz CT molecular complexity index is 780. The Hall–Kier alpha value is -2.30. The molecule has 1 atom stereocenters. The van der Waals surface area contributed by atoms with Crippen LogP contribution >= 0.6 is 0 Å². The Labute approximate surface area is 149 Å². The molecule has 0 radical (unpaired) electrons. The summed E-state index contributed by atoms with van der Waals surface area (Å²) in [5.74, 6) is 0.548. The molecule has 1 aromatic heterocycles. The Morgan fingerprint density at radius 3 is 2.72 bits per heavy atom. The van der Waals surface area contributed by atoms with Gasteiger partial charge < -0.3 is 14.4 Å². The van der Waals surface area contributed by atoms with Crippen LogP contribution in [0, 0.1) is 5.92 Å². The zero-order valence-electron chi connectivity index (χ0n) is 15.4. The van der Waals surface area contributed by atoms with Crippen molar-refractivity contribution in [2.24, 2.45) is 5.92 Å². The van der Waals surface area contributed by atoms with E-state index < -0.39 is 0 Å². The summed E-state index contributed by atoms with van der Waals surface area (Å²) in [4.78, 5) is 28.2. The van der Waals surface area contributed by atoms with Crippen LogP contribution in [0.15, 0.2) is 30.3 Å². The van der Waals surface area contributed by atoms with Crippen LogP contribution in [0.4, 0.5) is 0 Å². The fourth-order valence-corrected chi connectivity index (χ4v) is 3.79. The minimum atomic E-state index is 0.0610. The first-order chi connectivity index (χ1) is 12.0. The van der Waals surface area contributed by atoms with Crippen molar-refractivity contribution in [1.29, 1.82) is 0 Å². The van der Waals surface area contributed by atoms with Gasteiger partial charge in [0, 0.05) is 51.1 Å². The van der Waals surface area contributed by atoms with Crippen LogP contribution < -0.4 is 0 Å². The van der Waals surface area contributed by atoms with Crippen molar-refractivity contribution in [3.8, 4) is 0 Å². The normalized spacial score (nSPS) is 17.2. The van der Waals surface area contributed by atoms with E-state index in [2.05, 4.69) is 23.6 Å². The molecule has 2 amide bonds. The highest BCUT2D eigenvalue weighted by molar-refractivity contribution is 5.98. The summed E-state index contributed by atoms with van der Waals surface area (Å²) < 4.78 is 2.13. The SMILES string of the molecule is CCCn1c(C(=O)N(C)CC2CCN(C(C)=O)C2)cc2ccccc21. The first kappa shape index (κ1) is 17.5. The summed E-state index contributed by atoms with van der Waals surface area (Å²) in [5, 5.41) is 1.11. The van der Waals surface area contributed by atoms with E-state index in [1.54, 1.807) is 6.92 Å². The predicted octanol–water partition coefficient (Wildman–Crippen LogP) is 2.99. The molecule has 5 nitrogen and oxygen atoms in total. The molecule has 0 bridgehead atoms. The quantitative estimate of drug-likeness (QED) is 0.839. The summed E-state index contributed by atoms with van der Waals surface area (Å²) in [7, 11) is 1.87. The molecule has 1 aliphatic rings. The van der Waals surface area contributed by atoms with Gasteiger partial charge in [-0.25, -0.2) is 0 Å². The molecule has 1 fully saturated rings. The van der Waals surface area contributed by atoms with E-state index in [0.29, 0.717) is 12.5 Å². The number of aromatic nitrogens is 1. The number of hydrogen-bond acceptors (Lipinski definition) is 2. The average Bonchev–Trinajstić information content (AvgIpc) is 3.20. The molecule has 1 unspecified atom stereocenters. The predicted molar refractivity (Wildman–Crippen MR) is 99.6 cm³/mol. The lowest BCUT2D eigenvalue weighted by atomic mass is 10.1. The molecule has 5 heteroatoms. The van der Waals surface area contributed by atoms with Crippen LogP contribution in [0.25, 0.3) is 10.9 Å². The summed E-state index contributed by atoms with van der Waals surface area (Å²) in [6.07, 6.45) is 1.95. The van der Waals surface area contributed by atoms with Crippen LogP contribution in [-0.4, -0.2) is 52.9 Å². The number of fused-ring (bicyclic) bond motifs is 1. The molecule has 0 aliphatic carbocycles. The van der Waals surface area contributed by atoms with Crippen molar-refractivity contribution >= 4 is 22.7 Å². The first-order valence-corrected chi connectivity index (χ1v) is 9.10. The van der Waals surface area contributed by atoms with Gasteiger partial charge in [-0.3, -0.25) is 9.59 Å². The van der Waals surface area contributed by atoms with E-state index >= 15 is 0 Å². The van der Waals surface area contributed by atoms with Gasteiger partial charge in [-0.05, 0) is 30.9 Å². The average molecular weight is 341 g/mol. The third kappa shape index (κ3) is 3.55. The number of nitrogens with zero attached hydrogens (tertiary/aromatic N) is 3. The highest BCUT2D eigenvalue weighted by atomic mass is 16.2. The molecular formula is C20H27N3O2. The minimum Gasteiger partial charge on any atom is -0.343 e. The number of hydrogen-bond donors (Lipinski definition) is 0. The molecule has 0 spiro atoms. The fraction of sp³-hybridized carbons (Fsp3) is 0.500. The smallest absolute Gasteiger partial charge is 0.270 e. The van der Waals surface area contributed by atoms with Crippen molar-refractivity contribution in [1.82, 2.24) is 14.4 Å². The van der Waals surface area contributed by atoms with E-state index in [1.807, 2.05) is 35.0 Å². The third-order valence-corrected chi connectivity index (χ3v) is 5.09. The van der Waals surface area contributed by atoms with Crippen molar-refractivity contribution in [2.75, 3.05) is 26.7 Å². The van der Waals surface area contributed by atoms with Crippen molar-refractivity contribution in [3.63, 3.8) is 0 Å². The Morgan fingerprint density at radius 1 is 1.28 bits per heavy atom. The lowest BCUT2D eigenvalue weighted by molar-refractivity contribution is -0.127. The highest BCUT2D eigenvalue weighted by Crippen LogP contribution is 2.23. The van der Waals surface area contributed by atoms with Crippen molar-refractivity contribution in [3.05, 3.63) is 36.0 Å². The number of para-hydroxylation sites is 1. The van der Waals surface area contributed by atoms with Gasteiger partial charge in [0.05, 0.1) is 0 Å². The van der Waals surface area contributed by atoms with Crippen LogP contribution in [0.5, 0.6) is 0 Å². The molecule has 2 heterocycles. The zero-order chi connectivity index (χ0) is 18.0. The highest BCUT2D eigenvalue weighted by Gasteiger charge is 2.27. The molecule has 134 valence electrons. The second kappa shape index (κ2) is 7.30. The molecular weight excluding hydrogens is 314 g/mol. The maximum Gasteiger partial charge on any atom is 0.270 e. The first-order valence-electron chi connectivity index (χ1n) is 9.10. The second-order valence-corrected chi connectivity index (χ2v) is 7.05. The van der Waals surface area contributed by atoms with Crippen LogP contribution in [0.3, 0.4) is 0 Å². The lowest BCUT2D eigenvalue weighted by Gasteiger charge is -2.22. The van der Waals surface area contributed by atoms with E-state index in [4.69, 9.17) is 0 Å². The zero-order valence-corrected chi connectivity index (χ0v) is 15.4. The monoisotopic (exact) mass is 341 g/mol. The minimum absolute atomic E-state index is 0.0610. The van der Waals surface area contributed by atoms with Gasteiger partial charge in [0.2, 0.25) is 5.91 Å². The number of carbonyl (C=O) groups is 2. The maximum atomic E-state index is 13.0. The molecule has 1 saturated heterocycles. The van der Waals surface area contributed by atoms with Gasteiger partial charge in [-0.1, -0.05) is 25.1 Å². The molecule has 25 heavy (non-hydrogen) atoms. The number of amides is 2. The van der Waals surface area contributed by atoms with Crippen LogP contribution in [-0.2, 0) is 11.3 Å². The second-order valence-electron chi connectivity index (χ2n) is 7.05. The third-order valence-electron chi connectivity index (χ3n) is 5.09. The Kier molecular flexibility index (Phi) is 5.11. The van der Waals surface area contributed by atoms with E-state index in [-0.39, 0.29) is 11.8 Å². The molecule has 1 aliphatic heterocycles. The molecule has 0 saturated carbocycles. The van der Waals surface area contributed by atoms with Crippen LogP contribution in [0.1, 0.15) is 37.2 Å². The van der Waals surface area contributed by atoms with Gasteiger partial charge in [0.1, 0.15) is 5.69 Å². The number of likely N-dealkylation sites (tertiary alicyclic amines) is 1. The van der Waals surface area contributed by atoms with Gasteiger partial charge in [0.25, 0.3) is 5.91 Å². The molecule has 1 aromatic carbocycles. The molecule has 3 rings (SSSR count). The van der Waals surface area contributed by atoms with Crippen LogP contribution in [0.2, 0.25) is 0 Å². The number of carbonyl (C=O) groups excluding carboxylic acids is 2. The summed E-state index contributed by atoms with van der Waals surface area (Å²) in [6, 6.07) is 10.1. The van der Waals surface area contributed by atoms with E-state index in [9.17, 15) is 9.59 Å². The Morgan fingerprint density at radius 2 is 2.04 bits per heavy atom. The topological polar surface area (TPSA) is 45.6 Å². The maximum absolute atomic E-state index is 13.0. The van der Waals surface area contributed by atoms with Gasteiger partial charge >= 0.3 is 0 Å². The number of rotatable bonds is 5. The summed E-state index contributed by atoms with van der Waals surface area (Å²) in [6.45, 7) is 6.82. The fourth-order valence-electron chi connectivity index (χ4n) is 3.79. The molecule has 0 N–H and O–H groups in total. The largest absolute Gasteiger partial charge is 0.343 e.